The second-order valence-corrected chi connectivity index (χ2v) is 6.35. The van der Waals surface area contributed by atoms with Crippen molar-refractivity contribution in [2.45, 2.75) is 33.2 Å². The van der Waals surface area contributed by atoms with Crippen LogP contribution in [0.15, 0.2) is 28.7 Å². The van der Waals surface area contributed by atoms with Gasteiger partial charge in [0.15, 0.2) is 0 Å². The minimum Gasteiger partial charge on any atom is -0.481 e. The molecule has 0 fully saturated rings. The fourth-order valence-corrected chi connectivity index (χ4v) is 3.19. The van der Waals surface area contributed by atoms with Crippen LogP contribution in [0.2, 0.25) is 0 Å². The molecule has 0 radical (unpaired) electrons. The Morgan fingerprint density at radius 2 is 1.95 bits per heavy atom. The monoisotopic (exact) mass is 293 g/mol. The third-order valence-electron chi connectivity index (χ3n) is 3.94. The van der Waals surface area contributed by atoms with Crippen LogP contribution in [0.5, 0.6) is 0 Å². The Hall–Kier alpha value is -1.62. The smallest absolute Gasteiger partial charge is 0.307 e. The van der Waals surface area contributed by atoms with Gasteiger partial charge in [-0.3, -0.25) is 9.59 Å². The summed E-state index contributed by atoms with van der Waals surface area (Å²) >= 11 is 1.58. The van der Waals surface area contributed by atoms with Crippen molar-refractivity contribution in [2.75, 3.05) is 0 Å². The van der Waals surface area contributed by atoms with E-state index in [1.807, 2.05) is 31.4 Å². The third kappa shape index (κ3) is 3.28. The summed E-state index contributed by atoms with van der Waals surface area (Å²) in [5.41, 5.74) is 2.23. The van der Waals surface area contributed by atoms with Gasteiger partial charge in [-0.2, -0.15) is 0 Å². The number of carboxylic acids is 1. The standard InChI is InChI=1S/C15H19NO3S/c1-9-6-12(13(15(18)19)7-10(9)2)14(17)16-8-11-4-3-5-20-11/h3-5,12-13H,6-8H2,1-2H3,(H,16,17)(H,18,19). The lowest BCUT2D eigenvalue weighted by atomic mass is 9.76. The van der Waals surface area contributed by atoms with Gasteiger partial charge in [0.2, 0.25) is 5.91 Å². The van der Waals surface area contributed by atoms with Crippen molar-refractivity contribution in [3.05, 3.63) is 33.5 Å². The molecule has 0 saturated carbocycles. The first-order chi connectivity index (χ1) is 9.49. The number of rotatable bonds is 4. The molecule has 0 saturated heterocycles. The summed E-state index contributed by atoms with van der Waals surface area (Å²) in [6.07, 6.45) is 1.01. The molecule has 2 unspecified atom stereocenters. The molecule has 1 aliphatic carbocycles. The Balaban J connectivity index is 2.04. The van der Waals surface area contributed by atoms with Gasteiger partial charge in [-0.1, -0.05) is 17.2 Å². The van der Waals surface area contributed by atoms with Crippen LogP contribution >= 0.6 is 11.3 Å². The molecule has 2 N–H and O–H groups in total. The van der Waals surface area contributed by atoms with Gasteiger partial charge in [0.1, 0.15) is 0 Å². The number of nitrogens with one attached hydrogen (secondary N) is 1. The van der Waals surface area contributed by atoms with Crippen molar-refractivity contribution in [1.82, 2.24) is 5.32 Å². The number of aliphatic carboxylic acids is 1. The lowest BCUT2D eigenvalue weighted by Crippen LogP contribution is -2.39. The molecule has 4 nitrogen and oxygen atoms in total. The van der Waals surface area contributed by atoms with Crippen LogP contribution in [0, 0.1) is 11.8 Å². The van der Waals surface area contributed by atoms with Crippen molar-refractivity contribution >= 4 is 23.2 Å². The fourth-order valence-electron chi connectivity index (χ4n) is 2.55. The number of carboxylic acid groups (broad SMARTS) is 1. The van der Waals surface area contributed by atoms with Gasteiger partial charge in [0, 0.05) is 4.88 Å². The van der Waals surface area contributed by atoms with Crippen LogP contribution in [-0.2, 0) is 16.1 Å². The van der Waals surface area contributed by atoms with Crippen molar-refractivity contribution in [3.8, 4) is 0 Å². The van der Waals surface area contributed by atoms with E-state index in [2.05, 4.69) is 5.32 Å². The maximum absolute atomic E-state index is 12.3. The average Bonchev–Trinajstić information content (AvgIpc) is 2.91. The highest BCUT2D eigenvalue weighted by molar-refractivity contribution is 7.09. The molecule has 0 aromatic carbocycles. The van der Waals surface area contributed by atoms with Gasteiger partial charge in [-0.05, 0) is 38.1 Å². The van der Waals surface area contributed by atoms with Crippen LogP contribution in [0.1, 0.15) is 31.6 Å². The Morgan fingerprint density at radius 1 is 1.30 bits per heavy atom. The summed E-state index contributed by atoms with van der Waals surface area (Å²) < 4.78 is 0. The van der Waals surface area contributed by atoms with Crippen LogP contribution in [0.4, 0.5) is 0 Å². The summed E-state index contributed by atoms with van der Waals surface area (Å²) in [5.74, 6) is -2.11. The SMILES string of the molecule is CC1=C(C)CC(C(=O)NCc2cccs2)C(C(=O)O)C1. The summed E-state index contributed by atoms with van der Waals surface area (Å²) in [6, 6.07) is 3.89. The first-order valence-corrected chi connectivity index (χ1v) is 7.55. The number of amides is 1. The molecule has 0 spiro atoms. The predicted molar refractivity (Wildman–Crippen MR) is 78.4 cm³/mol. The van der Waals surface area contributed by atoms with E-state index >= 15 is 0 Å². The summed E-state index contributed by atoms with van der Waals surface area (Å²) in [7, 11) is 0. The molecule has 1 heterocycles. The van der Waals surface area contributed by atoms with Crippen molar-refractivity contribution in [2.24, 2.45) is 11.8 Å². The molecular weight excluding hydrogens is 274 g/mol. The number of carbonyl (C=O) groups excluding carboxylic acids is 1. The molecule has 108 valence electrons. The first-order valence-electron chi connectivity index (χ1n) is 6.67. The summed E-state index contributed by atoms with van der Waals surface area (Å²) in [5, 5.41) is 14.1. The van der Waals surface area contributed by atoms with Gasteiger partial charge < -0.3 is 10.4 Å². The van der Waals surface area contributed by atoms with E-state index in [1.54, 1.807) is 11.3 Å². The zero-order valence-corrected chi connectivity index (χ0v) is 12.5. The quantitative estimate of drug-likeness (QED) is 0.839. The summed E-state index contributed by atoms with van der Waals surface area (Å²) in [4.78, 5) is 24.7. The highest BCUT2D eigenvalue weighted by Gasteiger charge is 2.37. The van der Waals surface area contributed by atoms with E-state index < -0.39 is 17.8 Å². The van der Waals surface area contributed by atoms with Gasteiger partial charge >= 0.3 is 5.97 Å². The highest BCUT2D eigenvalue weighted by atomic mass is 32.1. The third-order valence-corrected chi connectivity index (χ3v) is 4.81. The maximum atomic E-state index is 12.3. The molecule has 0 bridgehead atoms. The number of allylic oxidation sites excluding steroid dienone is 2. The lowest BCUT2D eigenvalue weighted by Gasteiger charge is -2.29. The van der Waals surface area contributed by atoms with Crippen molar-refractivity contribution in [3.63, 3.8) is 0 Å². The van der Waals surface area contributed by atoms with E-state index in [9.17, 15) is 14.7 Å². The molecular formula is C15H19NO3S. The lowest BCUT2D eigenvalue weighted by molar-refractivity contribution is -0.147. The van der Waals surface area contributed by atoms with Gasteiger partial charge in [-0.25, -0.2) is 0 Å². The van der Waals surface area contributed by atoms with E-state index in [-0.39, 0.29) is 5.91 Å². The minimum atomic E-state index is -0.881. The van der Waals surface area contributed by atoms with E-state index in [0.29, 0.717) is 19.4 Å². The number of hydrogen-bond donors (Lipinski definition) is 2. The molecule has 1 aromatic heterocycles. The normalized spacial score (nSPS) is 22.7. The number of hydrogen-bond acceptors (Lipinski definition) is 3. The Bertz CT molecular complexity index is 533. The largest absolute Gasteiger partial charge is 0.481 e. The van der Waals surface area contributed by atoms with E-state index in [0.717, 1.165) is 16.0 Å². The molecule has 2 atom stereocenters. The van der Waals surface area contributed by atoms with Crippen LogP contribution in [0.25, 0.3) is 0 Å². The van der Waals surface area contributed by atoms with Crippen LogP contribution in [0.3, 0.4) is 0 Å². The minimum absolute atomic E-state index is 0.155. The topological polar surface area (TPSA) is 66.4 Å². The van der Waals surface area contributed by atoms with Gasteiger partial charge in [-0.15, -0.1) is 11.3 Å². The number of carbonyl (C=O) groups is 2. The molecule has 1 aromatic rings. The predicted octanol–water partition coefficient (Wildman–Crippen LogP) is 2.81. The van der Waals surface area contributed by atoms with Crippen molar-refractivity contribution < 1.29 is 14.7 Å². The second-order valence-electron chi connectivity index (χ2n) is 5.32. The highest BCUT2D eigenvalue weighted by Crippen LogP contribution is 2.34. The molecule has 0 aliphatic heterocycles. The van der Waals surface area contributed by atoms with Gasteiger partial charge in [0.25, 0.3) is 0 Å². The van der Waals surface area contributed by atoms with Crippen molar-refractivity contribution in [1.29, 1.82) is 0 Å². The molecule has 1 amide bonds. The maximum Gasteiger partial charge on any atom is 0.307 e. The average molecular weight is 293 g/mol. The van der Waals surface area contributed by atoms with Crippen LogP contribution in [-0.4, -0.2) is 17.0 Å². The first kappa shape index (κ1) is 14.8. The number of thiophene rings is 1. The zero-order valence-electron chi connectivity index (χ0n) is 11.7. The molecule has 2 rings (SSSR count). The Labute approximate surface area is 122 Å². The Morgan fingerprint density at radius 3 is 2.50 bits per heavy atom. The zero-order chi connectivity index (χ0) is 14.7. The summed E-state index contributed by atoms with van der Waals surface area (Å²) in [6.45, 7) is 4.40. The second kappa shape index (κ2) is 6.22. The molecule has 1 aliphatic rings. The molecule has 20 heavy (non-hydrogen) atoms. The molecule has 5 heteroatoms. The van der Waals surface area contributed by atoms with E-state index in [1.165, 1.54) is 0 Å². The van der Waals surface area contributed by atoms with Gasteiger partial charge in [0.05, 0.1) is 18.4 Å². The Kier molecular flexibility index (Phi) is 4.60. The van der Waals surface area contributed by atoms with E-state index in [4.69, 9.17) is 0 Å². The van der Waals surface area contributed by atoms with Crippen LogP contribution < -0.4 is 5.32 Å². The fraction of sp³-hybridized carbons (Fsp3) is 0.467.